The van der Waals surface area contributed by atoms with Gasteiger partial charge in [0.1, 0.15) is 5.75 Å². The van der Waals surface area contributed by atoms with Gasteiger partial charge in [-0.05, 0) is 37.8 Å². The number of rotatable bonds is 8. The van der Waals surface area contributed by atoms with Crippen molar-refractivity contribution in [3.8, 4) is 5.75 Å². The van der Waals surface area contributed by atoms with Crippen molar-refractivity contribution >= 4 is 11.6 Å². The second-order valence-electron chi connectivity index (χ2n) is 5.62. The zero-order valence-electron chi connectivity index (χ0n) is 12.7. The zero-order valence-corrected chi connectivity index (χ0v) is 12.7. The van der Waals surface area contributed by atoms with Crippen molar-refractivity contribution < 1.29 is 9.53 Å². The lowest BCUT2D eigenvalue weighted by atomic mass is 10.1. The molecule has 1 unspecified atom stereocenters. The van der Waals surface area contributed by atoms with Crippen LogP contribution in [0.15, 0.2) is 24.3 Å². The first-order valence-corrected chi connectivity index (χ1v) is 7.26. The van der Waals surface area contributed by atoms with E-state index >= 15 is 0 Å². The molecule has 0 saturated heterocycles. The van der Waals surface area contributed by atoms with Gasteiger partial charge in [0, 0.05) is 12.5 Å². The number of benzene rings is 1. The molecule has 1 rings (SSSR count). The molecule has 20 heavy (non-hydrogen) atoms. The van der Waals surface area contributed by atoms with E-state index in [-0.39, 0.29) is 11.9 Å². The number of para-hydroxylation sites is 2. The minimum Gasteiger partial charge on any atom is -0.491 e. The molecular weight excluding hydrogens is 252 g/mol. The van der Waals surface area contributed by atoms with Gasteiger partial charge < -0.3 is 15.8 Å². The summed E-state index contributed by atoms with van der Waals surface area (Å²) < 4.78 is 5.71. The van der Waals surface area contributed by atoms with Crippen LogP contribution in [0.4, 0.5) is 5.69 Å². The third-order valence-electron chi connectivity index (χ3n) is 2.80. The molecular formula is C16H26N2O2. The second-order valence-corrected chi connectivity index (χ2v) is 5.62. The fraction of sp³-hybridized carbons (Fsp3) is 0.562. The highest BCUT2D eigenvalue weighted by molar-refractivity contribution is 5.92. The molecule has 0 spiro atoms. The minimum atomic E-state index is 0.00578. The SMILES string of the molecule is CC(C)COc1ccccc1NC(=O)CCCC(C)N. The van der Waals surface area contributed by atoms with Gasteiger partial charge in [-0.3, -0.25) is 4.79 Å². The van der Waals surface area contributed by atoms with Crippen LogP contribution in [-0.2, 0) is 4.79 Å². The molecule has 4 nitrogen and oxygen atoms in total. The molecule has 112 valence electrons. The first kappa shape index (κ1) is 16.5. The second kappa shape index (κ2) is 8.59. The molecule has 3 N–H and O–H groups in total. The van der Waals surface area contributed by atoms with Crippen LogP contribution in [0.25, 0.3) is 0 Å². The van der Waals surface area contributed by atoms with Gasteiger partial charge in [0.2, 0.25) is 5.91 Å². The summed E-state index contributed by atoms with van der Waals surface area (Å²) in [7, 11) is 0. The van der Waals surface area contributed by atoms with Gasteiger partial charge in [0.25, 0.3) is 0 Å². The minimum absolute atomic E-state index is 0.00578. The number of amides is 1. The number of carbonyl (C=O) groups excluding carboxylic acids is 1. The van der Waals surface area contributed by atoms with E-state index in [1.807, 2.05) is 31.2 Å². The van der Waals surface area contributed by atoms with E-state index in [1.165, 1.54) is 0 Å². The maximum atomic E-state index is 11.9. The lowest BCUT2D eigenvalue weighted by molar-refractivity contribution is -0.116. The molecule has 0 fully saturated rings. The average Bonchev–Trinajstić information content (AvgIpc) is 2.37. The van der Waals surface area contributed by atoms with Crippen LogP contribution in [0.1, 0.15) is 40.0 Å². The number of hydrogen-bond acceptors (Lipinski definition) is 3. The van der Waals surface area contributed by atoms with Gasteiger partial charge in [-0.1, -0.05) is 26.0 Å². The summed E-state index contributed by atoms with van der Waals surface area (Å²) in [6.07, 6.45) is 2.15. The Hall–Kier alpha value is -1.55. The molecule has 0 aromatic heterocycles. The van der Waals surface area contributed by atoms with Crippen molar-refractivity contribution in [3.63, 3.8) is 0 Å². The Bertz CT molecular complexity index is 417. The van der Waals surface area contributed by atoms with Crippen LogP contribution in [0.5, 0.6) is 5.75 Å². The first-order chi connectivity index (χ1) is 9.49. The smallest absolute Gasteiger partial charge is 0.224 e. The van der Waals surface area contributed by atoms with Crippen LogP contribution < -0.4 is 15.8 Å². The molecule has 0 bridgehead atoms. The number of hydrogen-bond donors (Lipinski definition) is 2. The topological polar surface area (TPSA) is 64.3 Å². The molecule has 0 heterocycles. The molecule has 0 aliphatic heterocycles. The predicted molar refractivity (Wildman–Crippen MR) is 82.9 cm³/mol. The Balaban J connectivity index is 2.51. The number of carbonyl (C=O) groups is 1. The summed E-state index contributed by atoms with van der Waals surface area (Å²) in [6.45, 7) is 6.77. The summed E-state index contributed by atoms with van der Waals surface area (Å²) in [5, 5.41) is 2.90. The van der Waals surface area contributed by atoms with Crippen molar-refractivity contribution in [3.05, 3.63) is 24.3 Å². The largest absolute Gasteiger partial charge is 0.491 e. The first-order valence-electron chi connectivity index (χ1n) is 7.26. The van der Waals surface area contributed by atoms with Crippen molar-refractivity contribution in [1.82, 2.24) is 0 Å². The standard InChI is InChI=1S/C16H26N2O2/c1-12(2)11-20-15-9-5-4-8-14(15)18-16(19)10-6-7-13(3)17/h4-5,8-9,12-13H,6-7,10-11,17H2,1-3H3,(H,18,19). The highest BCUT2D eigenvalue weighted by Crippen LogP contribution is 2.24. The van der Waals surface area contributed by atoms with E-state index in [9.17, 15) is 4.79 Å². The monoisotopic (exact) mass is 278 g/mol. The van der Waals surface area contributed by atoms with Crippen molar-refractivity contribution in [2.75, 3.05) is 11.9 Å². The quantitative estimate of drug-likeness (QED) is 0.767. The van der Waals surface area contributed by atoms with E-state index in [0.29, 0.717) is 18.9 Å². The summed E-state index contributed by atoms with van der Waals surface area (Å²) in [4.78, 5) is 11.9. The molecule has 4 heteroatoms. The number of anilines is 1. The number of nitrogens with two attached hydrogens (primary N) is 1. The van der Waals surface area contributed by atoms with Crippen LogP contribution >= 0.6 is 0 Å². The van der Waals surface area contributed by atoms with Crippen LogP contribution in [0, 0.1) is 5.92 Å². The molecule has 1 atom stereocenters. The molecule has 0 aliphatic carbocycles. The third-order valence-corrected chi connectivity index (χ3v) is 2.80. The van der Waals surface area contributed by atoms with Gasteiger partial charge in [0.05, 0.1) is 12.3 Å². The molecule has 0 aliphatic rings. The van der Waals surface area contributed by atoms with Crippen molar-refractivity contribution in [2.45, 2.75) is 46.1 Å². The number of nitrogens with one attached hydrogen (secondary N) is 1. The van der Waals surface area contributed by atoms with E-state index < -0.39 is 0 Å². The van der Waals surface area contributed by atoms with E-state index in [2.05, 4.69) is 19.2 Å². The Morgan fingerprint density at radius 3 is 2.65 bits per heavy atom. The molecule has 1 aromatic carbocycles. The van der Waals surface area contributed by atoms with Crippen molar-refractivity contribution in [1.29, 1.82) is 0 Å². The van der Waals surface area contributed by atoms with Gasteiger partial charge in [-0.25, -0.2) is 0 Å². The van der Waals surface area contributed by atoms with E-state index in [4.69, 9.17) is 10.5 Å². The number of ether oxygens (including phenoxy) is 1. The van der Waals surface area contributed by atoms with Crippen LogP contribution in [0.2, 0.25) is 0 Å². The maximum Gasteiger partial charge on any atom is 0.224 e. The normalized spacial score (nSPS) is 12.2. The van der Waals surface area contributed by atoms with E-state index in [0.717, 1.165) is 24.3 Å². The highest BCUT2D eigenvalue weighted by atomic mass is 16.5. The maximum absolute atomic E-state index is 11.9. The molecule has 1 aromatic rings. The van der Waals surface area contributed by atoms with Gasteiger partial charge in [-0.15, -0.1) is 0 Å². The summed E-state index contributed by atoms with van der Waals surface area (Å²) in [5.41, 5.74) is 6.41. The summed E-state index contributed by atoms with van der Waals surface area (Å²) in [5.74, 6) is 1.18. The van der Waals surface area contributed by atoms with Crippen LogP contribution in [-0.4, -0.2) is 18.6 Å². The third kappa shape index (κ3) is 6.57. The Morgan fingerprint density at radius 2 is 2.00 bits per heavy atom. The summed E-state index contributed by atoms with van der Waals surface area (Å²) >= 11 is 0. The average molecular weight is 278 g/mol. The zero-order chi connectivity index (χ0) is 15.0. The highest BCUT2D eigenvalue weighted by Gasteiger charge is 2.08. The predicted octanol–water partition coefficient (Wildman–Crippen LogP) is 3.18. The Morgan fingerprint density at radius 1 is 1.30 bits per heavy atom. The van der Waals surface area contributed by atoms with Crippen LogP contribution in [0.3, 0.4) is 0 Å². The Kier molecular flexibility index (Phi) is 7.09. The van der Waals surface area contributed by atoms with Gasteiger partial charge in [-0.2, -0.15) is 0 Å². The molecule has 0 radical (unpaired) electrons. The van der Waals surface area contributed by atoms with Gasteiger partial charge in [0.15, 0.2) is 0 Å². The van der Waals surface area contributed by atoms with Crippen molar-refractivity contribution in [2.24, 2.45) is 11.7 Å². The lowest BCUT2D eigenvalue weighted by Crippen LogP contribution is -2.17. The molecule has 0 saturated carbocycles. The fourth-order valence-corrected chi connectivity index (χ4v) is 1.75. The van der Waals surface area contributed by atoms with Gasteiger partial charge >= 0.3 is 0 Å². The molecule has 1 amide bonds. The Labute approximate surface area is 121 Å². The van der Waals surface area contributed by atoms with E-state index in [1.54, 1.807) is 0 Å². The lowest BCUT2D eigenvalue weighted by Gasteiger charge is -2.14. The fourth-order valence-electron chi connectivity index (χ4n) is 1.75. The summed E-state index contributed by atoms with van der Waals surface area (Å²) in [6, 6.07) is 7.67.